The SMILES string of the molecule is Cc1ccc(-n2c3cc4c5c(c6c7cc8c(=O)n(-c9c(C(C)C)cccc9C(C)C)c(=O)c9cc%10c%11c(c89)c7c7c8c(c9cc%12c(=O)n(-c%13c(C(C)C)cccc%13C(C)C)c(=O)c%13cc2c2c(c%12%13)c9c(c5c23)c68)c2c(=O)n(-c3c(C(C)C)cccc3C(C)C)c(=O)c3cc(c%11c7c32)n%10-c2ccc(C)cc2)CN(c2c(C(C)C)cccc2C(C)C)C4=O)cc1. The first-order chi connectivity index (χ1) is 59.0. The molecule has 0 bridgehead atoms. The Morgan fingerprint density at radius 1 is 0.228 bits per heavy atom. The van der Waals surface area contributed by atoms with E-state index in [2.05, 4.69) is 213 Å². The molecule has 0 atom stereocenters. The third-order valence-corrected chi connectivity index (χ3v) is 29.0. The molecule has 13 heteroatoms. The van der Waals surface area contributed by atoms with Crippen LogP contribution in [-0.2, 0) is 6.54 Å². The summed E-state index contributed by atoms with van der Waals surface area (Å²) in [6.45, 7) is 38.2. The molecular weight excluding hydrogens is 1520 g/mol. The molecule has 1 amide bonds. The van der Waals surface area contributed by atoms with Crippen molar-refractivity contribution in [2.75, 3.05) is 4.90 Å². The van der Waals surface area contributed by atoms with Gasteiger partial charge in [0.05, 0.1) is 78.5 Å². The molecule has 0 aliphatic carbocycles. The number of aryl methyl sites for hydroxylation is 2. The number of carbonyl (C=O) groups excluding carboxylic acids is 1. The number of anilines is 1. The molecule has 24 rings (SSSR count). The summed E-state index contributed by atoms with van der Waals surface area (Å²) in [4.78, 5) is 125. The Kier molecular flexibility index (Phi) is 14.6. The maximum absolute atomic E-state index is 18.4. The fourth-order valence-corrected chi connectivity index (χ4v) is 23.8. The molecule has 23 aromatic rings. The first-order valence-electron chi connectivity index (χ1n) is 44.0. The van der Waals surface area contributed by atoms with Gasteiger partial charge in [-0.3, -0.25) is 33.6 Å². The van der Waals surface area contributed by atoms with Gasteiger partial charge in [-0.05, 0) is 204 Å². The standard InChI is InChI=1S/C110H90N6O7/c1-46(2)58-23-19-24-59(47(3)4)100(58)111-45-74-79-66-39-68-80-71(107(120)114(105(68)118)101-60(48(5)6)25-20-26-61(101)49(7)8)43-77-88-90-78(113(77)57-37-33-55(18)34-38-57)44-73-86-95(90)97(83(66)91(80)88)98-85(99(86)110(123)116(109(73)122)103-64(52(13)14)29-22-30-65(103)53(15)16)67-40-69-81-72(108(121)115(106(69)119)102-62(50(9)10)27-21-28-63(102)51(11)12)42-76-87-89-75(112(76)56-35-31-54(17)32-36-56)41-70(104(111)117)82(74)93(89)96(94(79)98)84(67)92(81)87/h19-44,46-53H,45H2,1-18H3. The lowest BCUT2D eigenvalue weighted by Gasteiger charge is -2.36. The number of aromatic nitrogens is 5. The van der Waals surface area contributed by atoms with E-state index in [0.29, 0.717) is 125 Å². The van der Waals surface area contributed by atoms with Crippen LogP contribution in [0.3, 0.4) is 0 Å². The molecule has 0 saturated heterocycles. The zero-order chi connectivity index (χ0) is 85.1. The monoisotopic (exact) mass is 1610 g/mol. The van der Waals surface area contributed by atoms with Crippen molar-refractivity contribution in [2.45, 2.75) is 179 Å². The Morgan fingerprint density at radius 2 is 0.488 bits per heavy atom. The number of para-hydroxylation sites is 4. The normalized spacial score (nSPS) is 13.7. The Bertz CT molecular complexity index is 8930. The van der Waals surface area contributed by atoms with Crippen LogP contribution in [0.1, 0.15) is 230 Å². The van der Waals surface area contributed by atoms with E-state index in [1.165, 1.54) is 13.7 Å². The Morgan fingerprint density at radius 3 is 0.837 bits per heavy atom. The zero-order valence-corrected chi connectivity index (χ0v) is 72.4. The lowest BCUT2D eigenvalue weighted by molar-refractivity contribution is 0.0984. The summed E-state index contributed by atoms with van der Waals surface area (Å²) in [7, 11) is 0. The molecule has 13 nitrogen and oxygen atoms in total. The van der Waals surface area contributed by atoms with E-state index in [4.69, 9.17) is 0 Å². The molecule has 0 spiro atoms. The summed E-state index contributed by atoms with van der Waals surface area (Å²) >= 11 is 0. The summed E-state index contributed by atoms with van der Waals surface area (Å²) in [5, 5.41) is 17.2. The van der Waals surface area contributed by atoms with Gasteiger partial charge in [-0.25, -0.2) is 13.7 Å². The Labute approximate surface area is 706 Å². The number of pyridine rings is 3. The van der Waals surface area contributed by atoms with Crippen LogP contribution in [0.4, 0.5) is 5.69 Å². The summed E-state index contributed by atoms with van der Waals surface area (Å²) in [5.74, 6) is -1.06. The highest BCUT2D eigenvalue weighted by molar-refractivity contribution is 6.62. The average molecular weight is 1610 g/mol. The first kappa shape index (κ1) is 73.5. The van der Waals surface area contributed by atoms with E-state index < -0.39 is 33.4 Å². The van der Waals surface area contributed by atoms with Crippen LogP contribution in [0, 0.1) is 13.8 Å². The minimum absolute atomic E-state index is 0.0355. The molecule has 0 saturated carbocycles. The van der Waals surface area contributed by atoms with E-state index in [9.17, 15) is 0 Å². The molecule has 602 valence electrons. The molecule has 0 unspecified atom stereocenters. The van der Waals surface area contributed by atoms with Crippen molar-refractivity contribution in [3.63, 3.8) is 0 Å². The maximum atomic E-state index is 18.4. The maximum Gasteiger partial charge on any atom is 0.266 e. The number of nitrogens with zero attached hydrogens (tertiary/aromatic N) is 6. The summed E-state index contributed by atoms with van der Waals surface area (Å²) in [6.07, 6.45) is 0. The van der Waals surface area contributed by atoms with Gasteiger partial charge in [-0.1, -0.05) is 219 Å². The molecule has 18 aromatic carbocycles. The molecular formula is C110H90N6O7. The van der Waals surface area contributed by atoms with E-state index >= 15 is 33.6 Å². The topological polar surface area (TPSA) is 147 Å². The van der Waals surface area contributed by atoms with Crippen molar-refractivity contribution in [3.8, 4) is 28.4 Å². The highest BCUT2D eigenvalue weighted by atomic mass is 16.2. The van der Waals surface area contributed by atoms with Crippen LogP contribution < -0.4 is 38.3 Å². The van der Waals surface area contributed by atoms with Crippen LogP contribution in [0.5, 0.6) is 0 Å². The quantitative estimate of drug-likeness (QED) is 0.0778. The van der Waals surface area contributed by atoms with Crippen LogP contribution in [-0.4, -0.2) is 28.7 Å². The van der Waals surface area contributed by atoms with Crippen molar-refractivity contribution < 1.29 is 4.79 Å². The third-order valence-electron chi connectivity index (χ3n) is 29.0. The van der Waals surface area contributed by atoms with Crippen LogP contribution in [0.2, 0.25) is 0 Å². The van der Waals surface area contributed by atoms with Crippen LogP contribution in [0.15, 0.2) is 186 Å². The van der Waals surface area contributed by atoms with Gasteiger partial charge in [0.15, 0.2) is 0 Å². The fourth-order valence-electron chi connectivity index (χ4n) is 23.8. The highest BCUT2D eigenvalue weighted by Crippen LogP contribution is 2.64. The lowest BCUT2D eigenvalue weighted by atomic mass is 9.72. The van der Waals surface area contributed by atoms with Crippen molar-refractivity contribution in [3.05, 3.63) is 287 Å². The number of hydrogen-bond donors (Lipinski definition) is 0. The van der Waals surface area contributed by atoms with Gasteiger partial charge in [0.1, 0.15) is 0 Å². The number of carbonyl (C=O) groups is 1. The summed E-state index contributed by atoms with van der Waals surface area (Å²) < 4.78 is 8.85. The van der Waals surface area contributed by atoms with E-state index in [0.717, 1.165) is 143 Å². The van der Waals surface area contributed by atoms with E-state index in [1.54, 1.807) is 0 Å². The molecule has 5 aromatic heterocycles. The molecule has 6 heterocycles. The van der Waals surface area contributed by atoms with Crippen LogP contribution in [0.25, 0.3) is 201 Å². The second-order valence-corrected chi connectivity index (χ2v) is 38.5. The average Bonchev–Trinajstić information content (AvgIpc) is 1.61. The highest BCUT2D eigenvalue weighted by Gasteiger charge is 2.43. The van der Waals surface area contributed by atoms with E-state index in [1.807, 2.05) is 83.8 Å². The van der Waals surface area contributed by atoms with Gasteiger partial charge in [0.25, 0.3) is 39.3 Å². The zero-order valence-electron chi connectivity index (χ0n) is 72.4. The largest absolute Gasteiger partial charge is 0.309 e. The number of benzene rings is 18. The molecule has 123 heavy (non-hydrogen) atoms. The van der Waals surface area contributed by atoms with Crippen LogP contribution >= 0.6 is 0 Å². The Balaban J connectivity index is 1.07. The van der Waals surface area contributed by atoms with Crippen molar-refractivity contribution >= 4 is 184 Å². The number of rotatable bonds is 14. The van der Waals surface area contributed by atoms with Gasteiger partial charge in [0.2, 0.25) is 0 Å². The smallest absolute Gasteiger partial charge is 0.266 e. The van der Waals surface area contributed by atoms with Gasteiger partial charge >= 0.3 is 0 Å². The number of amides is 1. The van der Waals surface area contributed by atoms with Crippen molar-refractivity contribution in [2.24, 2.45) is 0 Å². The Hall–Kier alpha value is -13.4. The number of hydrogen-bond acceptors (Lipinski definition) is 7. The molecule has 0 fully saturated rings. The predicted octanol–water partition coefficient (Wildman–Crippen LogP) is 25.4. The predicted molar refractivity (Wildman–Crippen MR) is 512 cm³/mol. The van der Waals surface area contributed by atoms with Crippen molar-refractivity contribution in [1.82, 2.24) is 22.8 Å². The van der Waals surface area contributed by atoms with Gasteiger partial charge in [0, 0.05) is 108 Å². The minimum Gasteiger partial charge on any atom is -0.309 e. The fraction of sp³-hybridized carbons (Fsp3) is 0.245. The molecule has 0 N–H and O–H groups in total. The van der Waals surface area contributed by atoms with Gasteiger partial charge in [-0.2, -0.15) is 0 Å². The molecule has 1 aliphatic heterocycles. The lowest BCUT2D eigenvalue weighted by Crippen LogP contribution is -2.36. The number of fused-ring (bicyclic) bond motifs is 4. The molecule has 0 radical (unpaired) electrons. The van der Waals surface area contributed by atoms with Gasteiger partial charge < -0.3 is 14.0 Å². The van der Waals surface area contributed by atoms with Gasteiger partial charge in [-0.15, -0.1) is 0 Å². The van der Waals surface area contributed by atoms with Crippen molar-refractivity contribution in [1.29, 1.82) is 0 Å². The third kappa shape index (κ3) is 8.80. The summed E-state index contributed by atoms with van der Waals surface area (Å²) in [5.41, 5.74) is 14.3. The summed E-state index contributed by atoms with van der Waals surface area (Å²) in [6, 6.07) is 53.7. The first-order valence-corrected chi connectivity index (χ1v) is 44.0. The second-order valence-electron chi connectivity index (χ2n) is 38.5. The molecule has 1 aliphatic rings. The van der Waals surface area contributed by atoms with E-state index in [-0.39, 0.29) is 65.2 Å². The second kappa shape index (κ2) is 24.5. The minimum atomic E-state index is -0.521.